The largest absolute Gasteiger partial charge is 0.329 e. The first-order valence-electron chi connectivity index (χ1n) is 5.41. The van der Waals surface area contributed by atoms with Crippen LogP contribution in [0.1, 0.15) is 18.9 Å². The van der Waals surface area contributed by atoms with Crippen LogP contribution in [0.2, 0.25) is 0 Å². The first kappa shape index (κ1) is 10.7. The molecule has 84 valence electrons. The van der Waals surface area contributed by atoms with Crippen molar-refractivity contribution in [3.63, 3.8) is 0 Å². The number of hydrogen-bond acceptors (Lipinski definition) is 2. The lowest BCUT2D eigenvalue weighted by molar-refractivity contribution is -0.117. The molecule has 1 fully saturated rings. The van der Waals surface area contributed by atoms with E-state index in [-0.39, 0.29) is 18.5 Å². The Morgan fingerprint density at radius 1 is 1.31 bits per heavy atom. The fourth-order valence-corrected chi connectivity index (χ4v) is 1.89. The Labute approximate surface area is 94.2 Å². The van der Waals surface area contributed by atoms with Gasteiger partial charge in [0.2, 0.25) is 5.91 Å². The van der Waals surface area contributed by atoms with Crippen molar-refractivity contribution in [1.82, 2.24) is 5.32 Å². The normalized spacial score (nSPS) is 15.4. The molecule has 0 saturated carbocycles. The highest BCUT2D eigenvalue weighted by molar-refractivity contribution is 6.12. The van der Waals surface area contributed by atoms with Crippen molar-refractivity contribution < 1.29 is 9.59 Å². The molecule has 0 aliphatic carbocycles. The summed E-state index contributed by atoms with van der Waals surface area (Å²) >= 11 is 0. The molecule has 0 bridgehead atoms. The van der Waals surface area contributed by atoms with Crippen LogP contribution in [0.3, 0.4) is 0 Å². The third kappa shape index (κ3) is 1.91. The number of rotatable bonds is 3. The topological polar surface area (TPSA) is 49.4 Å². The molecule has 1 aromatic rings. The monoisotopic (exact) mass is 218 g/mol. The molecule has 0 aromatic heterocycles. The van der Waals surface area contributed by atoms with Gasteiger partial charge in [-0.1, -0.05) is 31.5 Å². The van der Waals surface area contributed by atoms with Crippen molar-refractivity contribution in [1.29, 1.82) is 0 Å². The summed E-state index contributed by atoms with van der Waals surface area (Å²) in [4.78, 5) is 24.2. The summed E-state index contributed by atoms with van der Waals surface area (Å²) in [7, 11) is 0. The summed E-state index contributed by atoms with van der Waals surface area (Å²) in [6.07, 6.45) is 1.93. The number of anilines is 1. The summed E-state index contributed by atoms with van der Waals surface area (Å²) in [5.41, 5.74) is 1.95. The van der Waals surface area contributed by atoms with Crippen LogP contribution in [0.4, 0.5) is 10.5 Å². The lowest BCUT2D eigenvalue weighted by Gasteiger charge is -2.17. The van der Waals surface area contributed by atoms with Gasteiger partial charge in [0, 0.05) is 5.69 Å². The van der Waals surface area contributed by atoms with Gasteiger partial charge in [-0.25, -0.2) is 4.79 Å². The number of amides is 3. The fraction of sp³-hybridized carbons (Fsp3) is 0.333. The van der Waals surface area contributed by atoms with E-state index in [0.717, 1.165) is 24.1 Å². The van der Waals surface area contributed by atoms with Gasteiger partial charge in [-0.3, -0.25) is 15.0 Å². The number of carbonyl (C=O) groups is 2. The molecule has 1 heterocycles. The smallest absolute Gasteiger partial charge is 0.284 e. The van der Waals surface area contributed by atoms with E-state index in [1.165, 1.54) is 4.90 Å². The van der Waals surface area contributed by atoms with E-state index in [1.54, 1.807) is 0 Å². The molecular formula is C12H14N2O2. The number of urea groups is 1. The van der Waals surface area contributed by atoms with Crippen molar-refractivity contribution >= 4 is 17.6 Å². The van der Waals surface area contributed by atoms with Gasteiger partial charge in [0.05, 0.1) is 0 Å². The fourth-order valence-electron chi connectivity index (χ4n) is 1.89. The molecule has 4 heteroatoms. The maximum atomic E-state index is 11.5. The molecule has 0 unspecified atom stereocenters. The molecule has 1 aliphatic rings. The number of nitrogens with zero attached hydrogens (tertiary/aromatic N) is 1. The van der Waals surface area contributed by atoms with E-state index in [9.17, 15) is 9.59 Å². The third-order valence-corrected chi connectivity index (χ3v) is 2.59. The summed E-state index contributed by atoms with van der Waals surface area (Å²) in [6.45, 7) is 2.21. The van der Waals surface area contributed by atoms with E-state index < -0.39 is 0 Å². The molecular weight excluding hydrogens is 204 g/mol. The summed E-state index contributed by atoms with van der Waals surface area (Å²) < 4.78 is 0. The van der Waals surface area contributed by atoms with Crippen molar-refractivity contribution in [3.05, 3.63) is 29.8 Å². The second-order valence-electron chi connectivity index (χ2n) is 3.82. The van der Waals surface area contributed by atoms with Crippen molar-refractivity contribution in [2.24, 2.45) is 0 Å². The highest BCUT2D eigenvalue weighted by Gasteiger charge is 2.28. The molecule has 1 aromatic carbocycles. The zero-order valence-corrected chi connectivity index (χ0v) is 9.19. The molecule has 4 nitrogen and oxygen atoms in total. The third-order valence-electron chi connectivity index (χ3n) is 2.59. The molecule has 16 heavy (non-hydrogen) atoms. The Morgan fingerprint density at radius 2 is 2.06 bits per heavy atom. The Hall–Kier alpha value is -1.84. The zero-order chi connectivity index (χ0) is 11.5. The highest BCUT2D eigenvalue weighted by Crippen LogP contribution is 2.23. The number of hydrogen-bond donors (Lipinski definition) is 1. The average molecular weight is 218 g/mol. The Bertz CT molecular complexity index is 429. The minimum atomic E-state index is -0.325. The number of benzene rings is 1. The number of aryl methyl sites for hydroxylation is 1. The number of imide groups is 1. The quantitative estimate of drug-likeness (QED) is 0.785. The van der Waals surface area contributed by atoms with E-state index in [1.807, 2.05) is 24.3 Å². The summed E-state index contributed by atoms with van der Waals surface area (Å²) in [5, 5.41) is 2.28. The second kappa shape index (κ2) is 4.35. The van der Waals surface area contributed by atoms with Gasteiger partial charge in [-0.05, 0) is 18.1 Å². The van der Waals surface area contributed by atoms with Gasteiger partial charge in [-0.15, -0.1) is 0 Å². The lowest BCUT2D eigenvalue weighted by atomic mass is 10.1. The first-order chi connectivity index (χ1) is 7.72. The SMILES string of the molecule is CCCc1ccccc1N1CC(=O)NC1=O. The number of carbonyl (C=O) groups excluding carboxylic acids is 2. The average Bonchev–Trinajstić information content (AvgIpc) is 2.59. The van der Waals surface area contributed by atoms with Crippen molar-refractivity contribution in [2.75, 3.05) is 11.4 Å². The van der Waals surface area contributed by atoms with Crippen LogP contribution in [-0.4, -0.2) is 18.5 Å². The molecule has 2 rings (SSSR count). The standard InChI is InChI=1S/C12H14N2O2/c1-2-5-9-6-3-4-7-10(9)14-8-11(15)13-12(14)16/h3-4,6-7H,2,5,8H2,1H3,(H,13,15,16). The minimum Gasteiger partial charge on any atom is -0.284 e. The number of para-hydroxylation sites is 1. The Morgan fingerprint density at radius 3 is 2.69 bits per heavy atom. The molecule has 1 aliphatic heterocycles. The molecule has 0 spiro atoms. The molecule has 1 N–H and O–H groups in total. The van der Waals surface area contributed by atoms with Crippen molar-refractivity contribution in [2.45, 2.75) is 19.8 Å². The van der Waals surface area contributed by atoms with Crippen LogP contribution in [0, 0.1) is 0 Å². The van der Waals surface area contributed by atoms with Gasteiger partial charge >= 0.3 is 6.03 Å². The predicted molar refractivity (Wildman–Crippen MR) is 61.3 cm³/mol. The summed E-state index contributed by atoms with van der Waals surface area (Å²) in [5.74, 6) is -0.240. The van der Waals surface area contributed by atoms with E-state index >= 15 is 0 Å². The van der Waals surface area contributed by atoms with Gasteiger partial charge in [0.25, 0.3) is 0 Å². The first-order valence-corrected chi connectivity index (χ1v) is 5.41. The van der Waals surface area contributed by atoms with Gasteiger partial charge in [-0.2, -0.15) is 0 Å². The van der Waals surface area contributed by atoms with Crippen LogP contribution >= 0.6 is 0 Å². The maximum absolute atomic E-state index is 11.5. The molecule has 3 amide bonds. The van der Waals surface area contributed by atoms with Crippen LogP contribution in [0.15, 0.2) is 24.3 Å². The summed E-state index contributed by atoms with van der Waals surface area (Å²) in [6, 6.07) is 7.38. The van der Waals surface area contributed by atoms with E-state index in [0.29, 0.717) is 0 Å². The van der Waals surface area contributed by atoms with Gasteiger partial charge < -0.3 is 0 Å². The number of nitrogens with one attached hydrogen (secondary N) is 1. The van der Waals surface area contributed by atoms with Gasteiger partial charge in [0.15, 0.2) is 0 Å². The Kier molecular flexibility index (Phi) is 2.90. The Balaban J connectivity index is 2.32. The molecule has 0 atom stereocenters. The maximum Gasteiger partial charge on any atom is 0.329 e. The van der Waals surface area contributed by atoms with E-state index in [2.05, 4.69) is 12.2 Å². The molecule has 1 saturated heterocycles. The van der Waals surface area contributed by atoms with Crippen LogP contribution < -0.4 is 10.2 Å². The highest BCUT2D eigenvalue weighted by atomic mass is 16.2. The predicted octanol–water partition coefficient (Wildman–Crippen LogP) is 1.70. The van der Waals surface area contributed by atoms with Crippen LogP contribution in [0.25, 0.3) is 0 Å². The van der Waals surface area contributed by atoms with Crippen LogP contribution in [0.5, 0.6) is 0 Å². The zero-order valence-electron chi connectivity index (χ0n) is 9.19. The minimum absolute atomic E-state index is 0.125. The van der Waals surface area contributed by atoms with Crippen molar-refractivity contribution in [3.8, 4) is 0 Å². The van der Waals surface area contributed by atoms with E-state index in [4.69, 9.17) is 0 Å². The van der Waals surface area contributed by atoms with Gasteiger partial charge in [0.1, 0.15) is 6.54 Å². The van der Waals surface area contributed by atoms with Crippen LogP contribution in [-0.2, 0) is 11.2 Å². The second-order valence-corrected chi connectivity index (χ2v) is 3.82. The lowest BCUT2D eigenvalue weighted by Crippen LogP contribution is -2.28. The molecule has 0 radical (unpaired) electrons.